The van der Waals surface area contributed by atoms with Crippen molar-refractivity contribution in [3.05, 3.63) is 11.6 Å². The quantitative estimate of drug-likeness (QED) is 0.482. The molecular formula is C22H35FO2. The SMILES string of the molecule is C/C=C1/CC[C@H]2[C@@H]3C[C@@H](F)[C@H]4CC(OC)(OC)CC[C@@H]4[C@H]3CC[C@]12C. The summed E-state index contributed by atoms with van der Waals surface area (Å²) in [5.74, 6) is 2.12. The molecule has 4 rings (SSSR count). The number of halogens is 1. The van der Waals surface area contributed by atoms with Gasteiger partial charge in [-0.3, -0.25) is 0 Å². The minimum Gasteiger partial charge on any atom is -0.353 e. The van der Waals surface area contributed by atoms with Crippen molar-refractivity contribution in [2.45, 2.75) is 77.2 Å². The van der Waals surface area contributed by atoms with Crippen LogP contribution in [0.4, 0.5) is 4.39 Å². The molecule has 4 aliphatic carbocycles. The zero-order chi connectivity index (χ0) is 17.8. The van der Waals surface area contributed by atoms with Crippen molar-refractivity contribution < 1.29 is 13.9 Å². The van der Waals surface area contributed by atoms with Crippen molar-refractivity contribution in [3.8, 4) is 0 Å². The minimum absolute atomic E-state index is 0.127. The lowest BCUT2D eigenvalue weighted by Crippen LogP contribution is -2.54. The lowest BCUT2D eigenvalue weighted by molar-refractivity contribution is -0.253. The zero-order valence-corrected chi connectivity index (χ0v) is 16.4. The largest absolute Gasteiger partial charge is 0.353 e. The maximum Gasteiger partial charge on any atom is 0.167 e. The molecule has 0 aromatic rings. The van der Waals surface area contributed by atoms with Gasteiger partial charge in [-0.25, -0.2) is 4.39 Å². The van der Waals surface area contributed by atoms with E-state index < -0.39 is 12.0 Å². The Hall–Kier alpha value is -0.410. The molecule has 0 saturated heterocycles. The fourth-order valence-corrected chi connectivity index (χ4v) is 7.54. The summed E-state index contributed by atoms with van der Waals surface area (Å²) in [6.45, 7) is 4.66. The Bertz CT molecular complexity index is 540. The molecule has 0 unspecified atom stereocenters. The second-order valence-electron chi connectivity index (χ2n) is 9.38. The van der Waals surface area contributed by atoms with Crippen LogP contribution in [0.5, 0.6) is 0 Å². The van der Waals surface area contributed by atoms with Gasteiger partial charge >= 0.3 is 0 Å². The number of methoxy groups -OCH3 is 2. The second kappa shape index (κ2) is 6.34. The zero-order valence-electron chi connectivity index (χ0n) is 16.4. The first-order valence-electron chi connectivity index (χ1n) is 10.4. The topological polar surface area (TPSA) is 18.5 Å². The van der Waals surface area contributed by atoms with Crippen molar-refractivity contribution in [2.75, 3.05) is 14.2 Å². The van der Waals surface area contributed by atoms with Gasteiger partial charge in [-0.2, -0.15) is 0 Å². The molecule has 4 aliphatic rings. The van der Waals surface area contributed by atoms with Crippen LogP contribution < -0.4 is 0 Å². The summed E-state index contributed by atoms with van der Waals surface area (Å²) in [4.78, 5) is 0. The molecule has 0 aliphatic heterocycles. The van der Waals surface area contributed by atoms with E-state index in [-0.39, 0.29) is 5.92 Å². The van der Waals surface area contributed by atoms with Gasteiger partial charge in [0.1, 0.15) is 6.17 Å². The molecular weight excluding hydrogens is 315 g/mol. The molecule has 0 radical (unpaired) electrons. The van der Waals surface area contributed by atoms with Crippen LogP contribution in [-0.2, 0) is 9.47 Å². The average molecular weight is 351 g/mol. The molecule has 4 saturated carbocycles. The Labute approximate surface area is 152 Å². The van der Waals surface area contributed by atoms with E-state index in [1.807, 2.05) is 0 Å². The summed E-state index contributed by atoms with van der Waals surface area (Å²) in [5, 5.41) is 0. The molecule has 0 spiro atoms. The molecule has 2 nitrogen and oxygen atoms in total. The fraction of sp³-hybridized carbons (Fsp3) is 0.909. The number of rotatable bonds is 2. The molecule has 0 bridgehead atoms. The summed E-state index contributed by atoms with van der Waals surface area (Å²) >= 11 is 0. The molecule has 142 valence electrons. The first kappa shape index (κ1) is 18.0. The number of hydrogen-bond acceptors (Lipinski definition) is 2. The maximum absolute atomic E-state index is 15.3. The summed E-state index contributed by atoms with van der Waals surface area (Å²) in [6.07, 6.45) is 10.3. The summed E-state index contributed by atoms with van der Waals surface area (Å²) in [5.41, 5.74) is 2.00. The van der Waals surface area contributed by atoms with E-state index >= 15 is 4.39 Å². The highest BCUT2D eigenvalue weighted by molar-refractivity contribution is 5.23. The Morgan fingerprint density at radius 2 is 1.68 bits per heavy atom. The summed E-state index contributed by atoms with van der Waals surface area (Å²) < 4.78 is 26.7. The molecule has 0 amide bonds. The average Bonchev–Trinajstić information content (AvgIpc) is 2.98. The highest BCUT2D eigenvalue weighted by atomic mass is 19.1. The predicted molar refractivity (Wildman–Crippen MR) is 97.9 cm³/mol. The molecule has 7 atom stereocenters. The van der Waals surface area contributed by atoms with Crippen LogP contribution in [0.25, 0.3) is 0 Å². The number of allylic oxidation sites excluding steroid dienone is 2. The third-order valence-corrected chi connectivity index (χ3v) is 8.90. The van der Waals surface area contributed by atoms with Gasteiger partial charge in [0.05, 0.1) is 0 Å². The predicted octanol–water partition coefficient (Wildman–Crippen LogP) is 5.52. The van der Waals surface area contributed by atoms with Crippen LogP contribution in [-0.4, -0.2) is 26.2 Å². The van der Waals surface area contributed by atoms with Crippen LogP contribution in [0.1, 0.15) is 65.2 Å². The normalized spacial score (nSPS) is 50.2. The summed E-state index contributed by atoms with van der Waals surface area (Å²) in [7, 11) is 3.43. The number of fused-ring (bicyclic) bond motifs is 5. The van der Waals surface area contributed by atoms with E-state index in [1.54, 1.807) is 19.8 Å². The number of alkyl halides is 1. The van der Waals surface area contributed by atoms with E-state index in [4.69, 9.17) is 9.47 Å². The monoisotopic (exact) mass is 350 g/mol. The lowest BCUT2D eigenvalue weighted by atomic mass is 9.49. The highest BCUT2D eigenvalue weighted by Crippen LogP contribution is 2.64. The van der Waals surface area contributed by atoms with E-state index in [0.717, 1.165) is 31.6 Å². The minimum atomic E-state index is -0.687. The van der Waals surface area contributed by atoms with Crippen molar-refractivity contribution >= 4 is 0 Å². The van der Waals surface area contributed by atoms with E-state index in [2.05, 4.69) is 19.9 Å². The molecule has 25 heavy (non-hydrogen) atoms. The van der Waals surface area contributed by atoms with E-state index in [0.29, 0.717) is 23.2 Å². The third-order valence-electron chi connectivity index (χ3n) is 8.90. The van der Waals surface area contributed by atoms with Crippen molar-refractivity contribution in [1.82, 2.24) is 0 Å². The second-order valence-corrected chi connectivity index (χ2v) is 9.38. The van der Waals surface area contributed by atoms with Crippen LogP contribution >= 0.6 is 0 Å². The van der Waals surface area contributed by atoms with Gasteiger partial charge in [-0.1, -0.05) is 18.6 Å². The molecule has 0 aromatic heterocycles. The first-order valence-corrected chi connectivity index (χ1v) is 10.4. The van der Waals surface area contributed by atoms with Crippen molar-refractivity contribution in [3.63, 3.8) is 0 Å². The maximum atomic E-state index is 15.3. The molecule has 0 aromatic carbocycles. The smallest absolute Gasteiger partial charge is 0.167 e. The Kier molecular flexibility index (Phi) is 4.56. The number of hydrogen-bond donors (Lipinski definition) is 0. The van der Waals surface area contributed by atoms with Gasteiger partial charge in [-0.05, 0) is 80.5 Å². The summed E-state index contributed by atoms with van der Waals surface area (Å²) in [6, 6.07) is 0. The first-order chi connectivity index (χ1) is 12.0. The van der Waals surface area contributed by atoms with Crippen LogP contribution in [0, 0.1) is 35.0 Å². The van der Waals surface area contributed by atoms with Gasteiger partial charge in [0, 0.05) is 27.1 Å². The molecule has 4 fully saturated rings. The fourth-order valence-electron chi connectivity index (χ4n) is 7.54. The Balaban J connectivity index is 1.59. The highest BCUT2D eigenvalue weighted by Gasteiger charge is 2.58. The molecule has 3 heteroatoms. The van der Waals surface area contributed by atoms with E-state index in [9.17, 15) is 0 Å². The van der Waals surface area contributed by atoms with Gasteiger partial charge in [0.25, 0.3) is 0 Å². The van der Waals surface area contributed by atoms with Gasteiger partial charge in [-0.15, -0.1) is 0 Å². The Morgan fingerprint density at radius 1 is 1.00 bits per heavy atom. The van der Waals surface area contributed by atoms with Gasteiger partial charge in [0.2, 0.25) is 0 Å². The van der Waals surface area contributed by atoms with Gasteiger partial charge in [0.15, 0.2) is 5.79 Å². The van der Waals surface area contributed by atoms with Gasteiger partial charge < -0.3 is 9.47 Å². The third kappa shape index (κ3) is 2.56. The number of ether oxygens (including phenoxy) is 2. The van der Waals surface area contributed by atoms with Crippen LogP contribution in [0.15, 0.2) is 11.6 Å². The molecule has 0 heterocycles. The van der Waals surface area contributed by atoms with Crippen molar-refractivity contribution in [1.29, 1.82) is 0 Å². The lowest BCUT2D eigenvalue weighted by Gasteiger charge is -2.57. The van der Waals surface area contributed by atoms with Crippen LogP contribution in [0.2, 0.25) is 0 Å². The Morgan fingerprint density at radius 3 is 2.36 bits per heavy atom. The molecule has 0 N–H and O–H groups in total. The van der Waals surface area contributed by atoms with E-state index in [1.165, 1.54) is 25.7 Å². The standard InChI is InChI=1S/C22H35FO2/c1-5-14-6-7-19-17-12-20(23)18-13-22(24-3,25-4)11-9-16(18)15(17)8-10-21(14,19)2/h5,15-20H,6-13H2,1-4H3/b14-5-/t15-,16-,17-,18+,19+,20-,21-/m1/s1. The van der Waals surface area contributed by atoms with Crippen LogP contribution in [0.3, 0.4) is 0 Å². The van der Waals surface area contributed by atoms with Crippen molar-refractivity contribution in [2.24, 2.45) is 35.0 Å².